The first-order valence-corrected chi connectivity index (χ1v) is 10.4. The van der Waals surface area contributed by atoms with Crippen LogP contribution in [0.3, 0.4) is 0 Å². The van der Waals surface area contributed by atoms with Gasteiger partial charge in [0.25, 0.3) is 0 Å². The molecule has 0 spiro atoms. The molecule has 0 bridgehead atoms. The van der Waals surface area contributed by atoms with Crippen molar-refractivity contribution in [3.63, 3.8) is 0 Å². The number of guanidine groups is 1. The zero-order valence-corrected chi connectivity index (χ0v) is 19.3. The van der Waals surface area contributed by atoms with Gasteiger partial charge in [0.1, 0.15) is 0 Å². The minimum atomic E-state index is 0. The number of halogens is 1. The smallest absolute Gasteiger partial charge is 0.196 e. The summed E-state index contributed by atoms with van der Waals surface area (Å²) in [5.74, 6) is 4.77. The van der Waals surface area contributed by atoms with Crippen molar-refractivity contribution in [2.45, 2.75) is 51.0 Å². The molecule has 0 saturated heterocycles. The summed E-state index contributed by atoms with van der Waals surface area (Å²) in [6, 6.07) is 5.80. The summed E-state index contributed by atoms with van der Waals surface area (Å²) in [5.41, 5.74) is 0.881. The Balaban J connectivity index is 0.00000300. The number of aliphatic imine (C=N–C) groups is 1. The Labute approximate surface area is 191 Å². The number of anilines is 1. The maximum Gasteiger partial charge on any atom is 0.196 e. The fourth-order valence-corrected chi connectivity index (χ4v) is 3.39. The molecule has 0 amide bonds. The van der Waals surface area contributed by atoms with E-state index < -0.39 is 0 Å². The van der Waals surface area contributed by atoms with Gasteiger partial charge < -0.3 is 24.8 Å². The average Bonchev–Trinajstić information content (AvgIpc) is 2.97. The Kier molecular flexibility index (Phi) is 11.0. The Bertz CT molecular complexity index is 684. The van der Waals surface area contributed by atoms with Crippen LogP contribution >= 0.6 is 24.0 Å². The van der Waals surface area contributed by atoms with Crippen molar-refractivity contribution in [3.05, 3.63) is 18.2 Å². The zero-order valence-electron chi connectivity index (χ0n) is 17.0. The highest BCUT2D eigenvalue weighted by atomic mass is 127. The second-order valence-electron chi connectivity index (χ2n) is 7.11. The first kappa shape index (κ1) is 23.6. The summed E-state index contributed by atoms with van der Waals surface area (Å²) < 4.78 is 17.4. The average molecular weight is 513 g/mol. The third-order valence-corrected chi connectivity index (χ3v) is 4.85. The van der Waals surface area contributed by atoms with Crippen molar-refractivity contribution in [3.8, 4) is 23.8 Å². The fourth-order valence-electron chi connectivity index (χ4n) is 3.39. The van der Waals surface area contributed by atoms with E-state index in [-0.39, 0.29) is 24.0 Å². The number of terminal acetylenes is 1. The normalized spacial score (nSPS) is 16.9. The minimum absolute atomic E-state index is 0. The maximum atomic E-state index is 5.97. The molecule has 6 nitrogen and oxygen atoms in total. The van der Waals surface area contributed by atoms with Crippen molar-refractivity contribution in [1.82, 2.24) is 5.32 Å². The molecule has 1 aromatic rings. The van der Waals surface area contributed by atoms with Crippen LogP contribution in [0, 0.1) is 12.3 Å². The van der Waals surface area contributed by atoms with Crippen LogP contribution < -0.4 is 20.1 Å². The summed E-state index contributed by atoms with van der Waals surface area (Å²) in [5, 5.41) is 6.43. The second kappa shape index (κ2) is 13.5. The highest BCUT2D eigenvalue weighted by Crippen LogP contribution is 2.32. The lowest BCUT2D eigenvalue weighted by molar-refractivity contribution is 0.0281. The molecule has 1 aromatic carbocycles. The van der Waals surface area contributed by atoms with E-state index in [0.29, 0.717) is 38.4 Å². The van der Waals surface area contributed by atoms with E-state index >= 15 is 0 Å². The first-order chi connectivity index (χ1) is 13.8. The van der Waals surface area contributed by atoms with Gasteiger partial charge in [0.2, 0.25) is 0 Å². The molecule has 2 N–H and O–H groups in total. The molecule has 160 valence electrons. The number of nitrogens with zero attached hydrogens (tertiary/aromatic N) is 1. The van der Waals surface area contributed by atoms with Crippen LogP contribution in [0.15, 0.2) is 23.2 Å². The molecule has 2 aliphatic rings. The van der Waals surface area contributed by atoms with Crippen molar-refractivity contribution >= 4 is 35.6 Å². The predicted molar refractivity (Wildman–Crippen MR) is 128 cm³/mol. The minimum Gasteiger partial charge on any atom is -0.490 e. The van der Waals surface area contributed by atoms with Crippen molar-refractivity contribution in [1.29, 1.82) is 0 Å². The standard InChI is InChI=1S/C22H31N3O3.HI/c1-2-12-23-22(24-13-6-14-26-19-8-4-3-5-9-19)25-18-10-11-20-21(17-18)28-16-7-15-27-20;/h1,10-11,17,19H,3-9,12-16H2,(H2,23,24,25);1H. The van der Waals surface area contributed by atoms with Crippen LogP contribution in [0.2, 0.25) is 0 Å². The summed E-state index contributed by atoms with van der Waals surface area (Å²) in [6.45, 7) is 3.18. The SMILES string of the molecule is C#CCNC(=NCCCOC1CCCCC1)Nc1ccc2c(c1)OCCCO2.I. The van der Waals surface area contributed by atoms with E-state index in [1.807, 2.05) is 18.2 Å². The molecule has 1 fully saturated rings. The highest BCUT2D eigenvalue weighted by molar-refractivity contribution is 14.0. The molecule has 3 rings (SSSR count). The third kappa shape index (κ3) is 8.31. The van der Waals surface area contributed by atoms with Gasteiger partial charge in [0.15, 0.2) is 17.5 Å². The lowest BCUT2D eigenvalue weighted by Crippen LogP contribution is -2.31. The van der Waals surface area contributed by atoms with Gasteiger partial charge >= 0.3 is 0 Å². The fraction of sp³-hybridized carbons (Fsp3) is 0.591. The molecule has 0 radical (unpaired) electrons. The van der Waals surface area contributed by atoms with Crippen molar-refractivity contribution in [2.24, 2.45) is 4.99 Å². The van der Waals surface area contributed by atoms with Gasteiger partial charge in [-0.15, -0.1) is 30.4 Å². The Morgan fingerprint density at radius 3 is 2.72 bits per heavy atom. The van der Waals surface area contributed by atoms with Crippen LogP contribution in [0.1, 0.15) is 44.9 Å². The molecule has 0 atom stereocenters. The molecular weight excluding hydrogens is 481 g/mol. The largest absolute Gasteiger partial charge is 0.490 e. The highest BCUT2D eigenvalue weighted by Gasteiger charge is 2.13. The van der Waals surface area contributed by atoms with Gasteiger partial charge in [-0.25, -0.2) is 0 Å². The molecular formula is C22H32IN3O3. The first-order valence-electron chi connectivity index (χ1n) is 10.4. The zero-order chi connectivity index (χ0) is 19.4. The molecule has 0 aromatic heterocycles. The van der Waals surface area contributed by atoms with Crippen molar-refractivity contribution < 1.29 is 14.2 Å². The monoisotopic (exact) mass is 513 g/mol. The molecule has 1 aliphatic heterocycles. The van der Waals surface area contributed by atoms with Gasteiger partial charge in [-0.1, -0.05) is 25.2 Å². The number of rotatable bonds is 7. The molecule has 1 heterocycles. The van der Waals surface area contributed by atoms with Crippen LogP contribution in [0.5, 0.6) is 11.5 Å². The van der Waals surface area contributed by atoms with Crippen LogP contribution in [0.25, 0.3) is 0 Å². The third-order valence-electron chi connectivity index (χ3n) is 4.85. The van der Waals surface area contributed by atoms with Gasteiger partial charge in [-0.2, -0.15) is 0 Å². The molecule has 7 heteroatoms. The molecule has 0 unspecified atom stereocenters. The summed E-state index contributed by atoms with van der Waals surface area (Å²) in [4.78, 5) is 4.62. The number of hydrogen-bond acceptors (Lipinski definition) is 4. The molecule has 1 saturated carbocycles. The predicted octanol–water partition coefficient (Wildman–Crippen LogP) is 4.20. The van der Waals surface area contributed by atoms with E-state index in [4.69, 9.17) is 20.6 Å². The lowest BCUT2D eigenvalue weighted by atomic mass is 9.98. The molecule has 29 heavy (non-hydrogen) atoms. The summed E-state index contributed by atoms with van der Waals surface area (Å²) >= 11 is 0. The number of nitrogens with one attached hydrogen (secondary N) is 2. The van der Waals surface area contributed by atoms with Crippen LogP contribution in [0.4, 0.5) is 5.69 Å². The quantitative estimate of drug-likeness (QED) is 0.188. The van der Waals surface area contributed by atoms with E-state index in [1.165, 1.54) is 32.1 Å². The van der Waals surface area contributed by atoms with E-state index in [1.54, 1.807) is 0 Å². The second-order valence-corrected chi connectivity index (χ2v) is 7.11. The lowest BCUT2D eigenvalue weighted by Gasteiger charge is -2.21. The number of benzene rings is 1. The van der Waals surface area contributed by atoms with Gasteiger partial charge in [-0.05, 0) is 31.4 Å². The number of hydrogen-bond donors (Lipinski definition) is 2. The molecule has 1 aliphatic carbocycles. The topological polar surface area (TPSA) is 64.1 Å². The van der Waals surface area contributed by atoms with Crippen LogP contribution in [-0.4, -0.2) is 45.0 Å². The Hall–Kier alpha value is -1.66. The van der Waals surface area contributed by atoms with E-state index in [9.17, 15) is 0 Å². The van der Waals surface area contributed by atoms with Crippen molar-refractivity contribution in [2.75, 3.05) is 38.2 Å². The Morgan fingerprint density at radius 2 is 1.93 bits per heavy atom. The maximum absolute atomic E-state index is 5.97. The van der Waals surface area contributed by atoms with Gasteiger partial charge in [0.05, 0.1) is 25.9 Å². The number of fused-ring (bicyclic) bond motifs is 1. The summed E-state index contributed by atoms with van der Waals surface area (Å²) in [7, 11) is 0. The van der Waals surface area contributed by atoms with Gasteiger partial charge in [0, 0.05) is 31.3 Å². The van der Waals surface area contributed by atoms with Crippen LogP contribution in [-0.2, 0) is 4.74 Å². The van der Waals surface area contributed by atoms with E-state index in [2.05, 4.69) is 21.5 Å². The summed E-state index contributed by atoms with van der Waals surface area (Å²) in [6.07, 6.45) is 13.9. The van der Waals surface area contributed by atoms with E-state index in [0.717, 1.165) is 36.6 Å². The number of ether oxygens (including phenoxy) is 3. The Morgan fingerprint density at radius 1 is 1.14 bits per heavy atom. The van der Waals surface area contributed by atoms with Gasteiger partial charge in [-0.3, -0.25) is 4.99 Å².